The second-order valence-corrected chi connectivity index (χ2v) is 8.45. The zero-order valence-corrected chi connectivity index (χ0v) is 23.7. The van der Waals surface area contributed by atoms with Gasteiger partial charge in [0, 0.05) is 44.8 Å². The number of amides is 4. The maximum Gasteiger partial charge on any atom is 0.272 e. The van der Waals surface area contributed by atoms with E-state index in [2.05, 4.69) is 21.3 Å². The van der Waals surface area contributed by atoms with Gasteiger partial charge < -0.3 is 51.9 Å². The van der Waals surface area contributed by atoms with Gasteiger partial charge >= 0.3 is 0 Å². The summed E-state index contributed by atoms with van der Waals surface area (Å²) in [5.74, 6) is -0.848. The van der Waals surface area contributed by atoms with Crippen LogP contribution < -0.4 is 49.4 Å². The topological polar surface area (TPSA) is 183 Å². The lowest BCUT2D eigenvalue weighted by Gasteiger charge is -2.06. The van der Waals surface area contributed by atoms with Crippen LogP contribution >= 0.6 is 0 Å². The summed E-state index contributed by atoms with van der Waals surface area (Å²) in [4.78, 5) is 49.4. The monoisotopic (exact) mass is 603 g/mol. The van der Waals surface area contributed by atoms with Crippen LogP contribution in [0.3, 0.4) is 0 Å². The molecule has 3 aromatic rings. The number of carbonyl (C=O) groups excluding carboxylic acids is 4. The van der Waals surface area contributed by atoms with Gasteiger partial charge in [0.05, 0.1) is 23.5 Å². The molecule has 0 atom stereocenters. The molecular formula is C25H34BrN9O4. The summed E-state index contributed by atoms with van der Waals surface area (Å²) in [7, 11) is 0. The SMILES string of the molecule is CCn1cc(NC(=O)c2cc(NC(=O)c3cc(NC=O)cn3CC)cn2CC)cc1C(=O)NCCC(N)=[NH2+].[Br-]. The lowest BCUT2D eigenvalue weighted by molar-refractivity contribution is -0.117. The van der Waals surface area contributed by atoms with Crippen LogP contribution in [0.5, 0.6) is 0 Å². The Morgan fingerprint density at radius 2 is 1.21 bits per heavy atom. The van der Waals surface area contributed by atoms with Crippen LogP contribution in [0, 0.1) is 0 Å². The molecule has 3 heterocycles. The fraction of sp³-hybridized carbons (Fsp3) is 0.320. The maximum atomic E-state index is 13.1. The number of nitrogens with one attached hydrogen (secondary N) is 4. The van der Waals surface area contributed by atoms with E-state index in [1.165, 1.54) is 0 Å². The number of halogens is 1. The van der Waals surface area contributed by atoms with Crippen molar-refractivity contribution in [1.29, 1.82) is 0 Å². The van der Waals surface area contributed by atoms with Crippen LogP contribution in [0.25, 0.3) is 0 Å². The van der Waals surface area contributed by atoms with Crippen molar-refractivity contribution < 1.29 is 41.6 Å². The highest BCUT2D eigenvalue weighted by atomic mass is 79.9. The number of hydrogen-bond donors (Lipinski definition) is 6. The third-order valence-electron chi connectivity index (χ3n) is 5.85. The summed E-state index contributed by atoms with van der Waals surface area (Å²) in [5, 5.41) is 16.4. The van der Waals surface area contributed by atoms with Gasteiger partial charge in [-0.1, -0.05) is 0 Å². The van der Waals surface area contributed by atoms with E-state index in [4.69, 9.17) is 11.1 Å². The van der Waals surface area contributed by atoms with Crippen molar-refractivity contribution in [3.63, 3.8) is 0 Å². The number of aromatic nitrogens is 3. The molecule has 39 heavy (non-hydrogen) atoms. The van der Waals surface area contributed by atoms with E-state index in [1.807, 2.05) is 20.8 Å². The van der Waals surface area contributed by atoms with Crippen molar-refractivity contribution in [3.05, 3.63) is 53.9 Å². The number of nitrogens with zero attached hydrogens (tertiary/aromatic N) is 3. The smallest absolute Gasteiger partial charge is 0.272 e. The van der Waals surface area contributed by atoms with Crippen LogP contribution in [0.15, 0.2) is 36.8 Å². The summed E-state index contributed by atoms with van der Waals surface area (Å²) in [6.07, 6.45) is 5.93. The average Bonchev–Trinajstić information content (AvgIpc) is 3.60. The Morgan fingerprint density at radius 3 is 1.62 bits per heavy atom. The largest absolute Gasteiger partial charge is 1.00 e. The molecule has 0 aliphatic rings. The normalized spacial score (nSPS) is 10.3. The Bertz CT molecular complexity index is 1360. The third-order valence-corrected chi connectivity index (χ3v) is 5.85. The van der Waals surface area contributed by atoms with Crippen LogP contribution in [0.4, 0.5) is 17.1 Å². The first-order chi connectivity index (χ1) is 18.2. The summed E-state index contributed by atoms with van der Waals surface area (Å²) in [5.41, 5.74) is 7.94. The molecule has 0 radical (unpaired) electrons. The number of rotatable bonds is 13. The average molecular weight is 605 g/mol. The number of nitrogens with two attached hydrogens (primary N) is 2. The fourth-order valence-electron chi connectivity index (χ4n) is 3.97. The van der Waals surface area contributed by atoms with Gasteiger partial charge in [0.25, 0.3) is 17.7 Å². The van der Waals surface area contributed by atoms with Gasteiger partial charge in [0.2, 0.25) is 12.2 Å². The van der Waals surface area contributed by atoms with E-state index >= 15 is 0 Å². The van der Waals surface area contributed by atoms with Crippen molar-refractivity contribution in [2.24, 2.45) is 5.73 Å². The molecule has 0 saturated carbocycles. The molecule has 8 N–H and O–H groups in total. The van der Waals surface area contributed by atoms with Crippen LogP contribution in [0.2, 0.25) is 0 Å². The molecule has 0 bridgehead atoms. The summed E-state index contributed by atoms with van der Waals surface area (Å²) < 4.78 is 5.14. The highest BCUT2D eigenvalue weighted by Crippen LogP contribution is 2.21. The number of hydrogen-bond acceptors (Lipinski definition) is 4. The van der Waals surface area contributed by atoms with E-state index < -0.39 is 5.91 Å². The minimum atomic E-state index is -0.396. The van der Waals surface area contributed by atoms with Gasteiger partial charge in [-0.2, -0.15) is 0 Å². The predicted octanol–water partition coefficient (Wildman–Crippen LogP) is -2.54. The molecule has 0 aliphatic carbocycles. The van der Waals surface area contributed by atoms with Gasteiger partial charge in [-0.25, -0.2) is 0 Å². The molecule has 0 aliphatic heterocycles. The zero-order chi connectivity index (χ0) is 27.8. The number of carbonyl (C=O) groups is 4. The summed E-state index contributed by atoms with van der Waals surface area (Å²) in [6, 6.07) is 4.75. The van der Waals surface area contributed by atoms with E-state index in [0.717, 1.165) is 0 Å². The molecule has 0 fully saturated rings. The highest BCUT2D eigenvalue weighted by molar-refractivity contribution is 6.07. The van der Waals surface area contributed by atoms with E-state index in [1.54, 1.807) is 50.5 Å². The van der Waals surface area contributed by atoms with Crippen molar-refractivity contribution in [2.45, 2.75) is 46.8 Å². The standard InChI is InChI=1S/C25H33N9O4.BrH/c1-4-32-12-16(29-15-35)9-20(32)24(37)31-18-11-21(34(6-3)14-18)25(38)30-17-10-19(33(5-2)13-17)23(36)28-8-7-22(26)27;/h9-15H,4-8H2,1-3H3,(H3,26,27)(H,28,36)(H,29,35)(H,30,38)(H,31,37);1H. The first-order valence-corrected chi connectivity index (χ1v) is 12.3. The molecule has 3 aromatic heterocycles. The fourth-order valence-corrected chi connectivity index (χ4v) is 3.97. The first-order valence-electron chi connectivity index (χ1n) is 12.3. The first kappa shape index (κ1) is 30.9. The molecule has 3 rings (SSSR count). The quantitative estimate of drug-likeness (QED) is 0.0713. The Hall–Kier alpha value is -4.33. The third kappa shape index (κ3) is 7.60. The molecule has 13 nitrogen and oxygen atoms in total. The van der Waals surface area contributed by atoms with Crippen LogP contribution in [-0.4, -0.2) is 50.2 Å². The van der Waals surface area contributed by atoms with Gasteiger partial charge in [0.15, 0.2) is 0 Å². The molecule has 0 spiro atoms. The molecular weight excluding hydrogens is 570 g/mol. The summed E-state index contributed by atoms with van der Waals surface area (Å²) in [6.45, 7) is 7.49. The van der Waals surface area contributed by atoms with Gasteiger partial charge in [-0.15, -0.1) is 0 Å². The summed E-state index contributed by atoms with van der Waals surface area (Å²) >= 11 is 0. The minimum absolute atomic E-state index is 0. The second-order valence-electron chi connectivity index (χ2n) is 8.45. The van der Waals surface area contributed by atoms with E-state index in [9.17, 15) is 19.2 Å². The Labute approximate surface area is 236 Å². The van der Waals surface area contributed by atoms with E-state index in [0.29, 0.717) is 73.2 Å². The van der Waals surface area contributed by atoms with Crippen LogP contribution in [-0.2, 0) is 24.4 Å². The molecule has 210 valence electrons. The van der Waals surface area contributed by atoms with Gasteiger partial charge in [-0.05, 0) is 39.0 Å². The van der Waals surface area contributed by atoms with Crippen molar-refractivity contribution in [2.75, 3.05) is 22.5 Å². The van der Waals surface area contributed by atoms with Crippen molar-refractivity contribution in [3.8, 4) is 0 Å². The Balaban J connectivity index is 0.00000533. The Morgan fingerprint density at radius 1 is 0.795 bits per heavy atom. The van der Waals surface area contributed by atoms with Crippen LogP contribution in [0.1, 0.15) is 58.7 Å². The second kappa shape index (κ2) is 14.0. The lowest BCUT2D eigenvalue weighted by atomic mass is 10.3. The van der Waals surface area contributed by atoms with Crippen molar-refractivity contribution >= 4 is 47.0 Å². The van der Waals surface area contributed by atoms with Gasteiger partial charge in [0.1, 0.15) is 17.1 Å². The zero-order valence-electron chi connectivity index (χ0n) is 22.1. The number of aryl methyl sites for hydroxylation is 3. The molecule has 0 unspecified atom stereocenters. The van der Waals surface area contributed by atoms with E-state index in [-0.39, 0.29) is 34.6 Å². The minimum Gasteiger partial charge on any atom is -1.00 e. The highest BCUT2D eigenvalue weighted by Gasteiger charge is 2.19. The molecule has 4 amide bonds. The maximum absolute atomic E-state index is 13.1. The Kier molecular flexibility index (Phi) is 11.1. The molecule has 14 heteroatoms. The lowest BCUT2D eigenvalue weighted by Crippen LogP contribution is -3.00. The molecule has 0 aromatic carbocycles. The number of anilines is 3. The van der Waals surface area contributed by atoms with Gasteiger partial charge in [-0.3, -0.25) is 30.3 Å². The number of amidine groups is 1. The molecule has 0 saturated heterocycles. The predicted molar refractivity (Wildman–Crippen MR) is 144 cm³/mol. The van der Waals surface area contributed by atoms with Crippen molar-refractivity contribution in [1.82, 2.24) is 19.0 Å².